The van der Waals surface area contributed by atoms with Crippen LogP contribution in [0.2, 0.25) is 5.28 Å². The van der Waals surface area contributed by atoms with Crippen LogP contribution in [0.5, 0.6) is 0 Å². The third-order valence-corrected chi connectivity index (χ3v) is 3.56. The summed E-state index contributed by atoms with van der Waals surface area (Å²) in [6, 6.07) is 0. The van der Waals surface area contributed by atoms with Gasteiger partial charge in [-0.25, -0.2) is 9.97 Å². The molecule has 3 nitrogen and oxygen atoms in total. The van der Waals surface area contributed by atoms with Crippen molar-refractivity contribution >= 4 is 17.4 Å². The second-order valence-corrected chi connectivity index (χ2v) is 5.22. The van der Waals surface area contributed by atoms with Crippen LogP contribution in [0.3, 0.4) is 0 Å². The molecule has 1 aliphatic rings. The molecule has 0 bridgehead atoms. The fraction of sp³-hybridized carbons (Fsp3) is 0.667. The molecule has 4 heteroatoms. The Morgan fingerprint density at radius 1 is 1.50 bits per heavy atom. The lowest BCUT2D eigenvalue weighted by Gasteiger charge is -2.20. The molecule has 0 N–H and O–H groups in total. The predicted molar refractivity (Wildman–Crippen MR) is 66.9 cm³/mol. The highest BCUT2D eigenvalue weighted by atomic mass is 35.5. The predicted octanol–water partition coefficient (Wildman–Crippen LogP) is 2.92. The average molecular weight is 240 g/mol. The third-order valence-electron chi connectivity index (χ3n) is 3.38. The van der Waals surface area contributed by atoms with E-state index in [2.05, 4.69) is 28.7 Å². The van der Waals surface area contributed by atoms with E-state index >= 15 is 0 Å². The van der Waals surface area contributed by atoms with Gasteiger partial charge in [-0.2, -0.15) is 0 Å². The molecule has 2 rings (SSSR count). The van der Waals surface area contributed by atoms with Crippen molar-refractivity contribution in [3.63, 3.8) is 0 Å². The molecule has 0 amide bonds. The van der Waals surface area contributed by atoms with Gasteiger partial charge < -0.3 is 4.90 Å². The van der Waals surface area contributed by atoms with Crippen molar-refractivity contribution < 1.29 is 0 Å². The number of aromatic nitrogens is 2. The van der Waals surface area contributed by atoms with Gasteiger partial charge in [0.05, 0.1) is 0 Å². The zero-order valence-corrected chi connectivity index (χ0v) is 10.8. The Bertz CT molecular complexity index is 379. The summed E-state index contributed by atoms with van der Waals surface area (Å²) < 4.78 is 0. The van der Waals surface area contributed by atoms with Gasteiger partial charge in [-0.1, -0.05) is 13.8 Å². The summed E-state index contributed by atoms with van der Waals surface area (Å²) in [5, 5.41) is 0.341. The summed E-state index contributed by atoms with van der Waals surface area (Å²) in [7, 11) is 0. The summed E-state index contributed by atoms with van der Waals surface area (Å²) in [5.74, 6) is 2.51. The Kier molecular flexibility index (Phi) is 3.33. The molecule has 1 unspecified atom stereocenters. The van der Waals surface area contributed by atoms with Crippen molar-refractivity contribution in [3.05, 3.63) is 17.0 Å². The van der Waals surface area contributed by atoms with Crippen LogP contribution in [-0.2, 0) is 0 Å². The van der Waals surface area contributed by atoms with Crippen LogP contribution in [0, 0.1) is 18.8 Å². The molecular weight excluding hydrogens is 222 g/mol. The van der Waals surface area contributed by atoms with Crippen LogP contribution < -0.4 is 4.90 Å². The van der Waals surface area contributed by atoms with Gasteiger partial charge in [0.25, 0.3) is 0 Å². The zero-order chi connectivity index (χ0) is 11.7. The Morgan fingerprint density at radius 3 is 2.88 bits per heavy atom. The van der Waals surface area contributed by atoms with Gasteiger partial charge in [0.1, 0.15) is 5.82 Å². The summed E-state index contributed by atoms with van der Waals surface area (Å²) >= 11 is 5.85. The second-order valence-electron chi connectivity index (χ2n) is 4.88. The Balaban J connectivity index is 2.17. The molecule has 88 valence electrons. The molecule has 1 atom stereocenters. The van der Waals surface area contributed by atoms with E-state index in [1.807, 2.05) is 6.92 Å². The van der Waals surface area contributed by atoms with E-state index in [0.717, 1.165) is 36.3 Å². The van der Waals surface area contributed by atoms with Gasteiger partial charge in [0, 0.05) is 24.8 Å². The minimum Gasteiger partial charge on any atom is -0.356 e. The molecule has 1 fully saturated rings. The molecule has 0 radical (unpaired) electrons. The van der Waals surface area contributed by atoms with Crippen molar-refractivity contribution in [2.75, 3.05) is 18.0 Å². The minimum atomic E-state index is 0.341. The number of hydrogen-bond acceptors (Lipinski definition) is 3. The molecule has 0 saturated carbocycles. The molecule has 1 aromatic heterocycles. The maximum atomic E-state index is 5.85. The normalized spacial score (nSPS) is 20.8. The van der Waals surface area contributed by atoms with Crippen LogP contribution in [0.4, 0.5) is 5.82 Å². The van der Waals surface area contributed by atoms with Gasteiger partial charge in [-0.3, -0.25) is 0 Å². The second kappa shape index (κ2) is 4.58. The summed E-state index contributed by atoms with van der Waals surface area (Å²) in [5.41, 5.74) is 1.11. The van der Waals surface area contributed by atoms with Gasteiger partial charge in [-0.05, 0) is 36.8 Å². The molecule has 1 aromatic rings. The molecule has 0 spiro atoms. The van der Waals surface area contributed by atoms with Gasteiger partial charge in [0.2, 0.25) is 5.28 Å². The number of nitrogens with zero attached hydrogens (tertiary/aromatic N) is 3. The number of halogens is 1. The summed E-state index contributed by atoms with van der Waals surface area (Å²) in [6.07, 6.45) is 3.05. The quantitative estimate of drug-likeness (QED) is 0.744. The first-order valence-corrected chi connectivity index (χ1v) is 6.20. The number of rotatable bonds is 2. The van der Waals surface area contributed by atoms with Gasteiger partial charge >= 0.3 is 0 Å². The van der Waals surface area contributed by atoms with Crippen molar-refractivity contribution in [3.8, 4) is 0 Å². The van der Waals surface area contributed by atoms with Crippen LogP contribution >= 0.6 is 11.6 Å². The van der Waals surface area contributed by atoms with Gasteiger partial charge in [-0.15, -0.1) is 0 Å². The highest BCUT2D eigenvalue weighted by Crippen LogP contribution is 2.29. The van der Waals surface area contributed by atoms with Gasteiger partial charge in [0.15, 0.2) is 0 Å². The lowest BCUT2D eigenvalue weighted by atomic mass is 9.95. The lowest BCUT2D eigenvalue weighted by molar-refractivity contribution is 0.422. The number of hydrogen-bond donors (Lipinski definition) is 0. The van der Waals surface area contributed by atoms with Crippen molar-refractivity contribution in [2.45, 2.75) is 27.2 Å². The largest absolute Gasteiger partial charge is 0.356 e. The van der Waals surface area contributed by atoms with Crippen LogP contribution in [-0.4, -0.2) is 23.1 Å². The topological polar surface area (TPSA) is 29.0 Å². The smallest absolute Gasteiger partial charge is 0.224 e. The molecule has 0 aliphatic carbocycles. The summed E-state index contributed by atoms with van der Waals surface area (Å²) in [6.45, 7) is 8.78. The van der Waals surface area contributed by atoms with E-state index < -0.39 is 0 Å². The highest BCUT2D eigenvalue weighted by molar-refractivity contribution is 6.28. The molecule has 0 aromatic carbocycles. The lowest BCUT2D eigenvalue weighted by Crippen LogP contribution is -2.23. The molecule has 1 saturated heterocycles. The van der Waals surface area contributed by atoms with E-state index in [1.165, 1.54) is 6.42 Å². The van der Waals surface area contributed by atoms with Crippen LogP contribution in [0.15, 0.2) is 6.20 Å². The van der Waals surface area contributed by atoms with Crippen molar-refractivity contribution in [1.82, 2.24) is 9.97 Å². The maximum absolute atomic E-state index is 5.85. The fourth-order valence-corrected chi connectivity index (χ4v) is 2.39. The zero-order valence-electron chi connectivity index (χ0n) is 10.1. The molecule has 1 aliphatic heterocycles. The van der Waals surface area contributed by atoms with Crippen molar-refractivity contribution in [2.24, 2.45) is 11.8 Å². The monoisotopic (exact) mass is 239 g/mol. The van der Waals surface area contributed by atoms with Crippen molar-refractivity contribution in [1.29, 1.82) is 0 Å². The molecule has 2 heterocycles. The summed E-state index contributed by atoms with van der Waals surface area (Å²) in [4.78, 5) is 10.6. The number of aryl methyl sites for hydroxylation is 1. The average Bonchev–Trinajstić information content (AvgIpc) is 2.70. The van der Waals surface area contributed by atoms with E-state index in [-0.39, 0.29) is 0 Å². The maximum Gasteiger partial charge on any atom is 0.224 e. The molecular formula is C12H18ClN3. The fourth-order valence-electron chi connectivity index (χ4n) is 2.26. The first kappa shape index (κ1) is 11.6. The minimum absolute atomic E-state index is 0.341. The third kappa shape index (κ3) is 2.29. The highest BCUT2D eigenvalue weighted by Gasteiger charge is 2.26. The Hall–Kier alpha value is -0.830. The molecule has 16 heavy (non-hydrogen) atoms. The first-order valence-electron chi connectivity index (χ1n) is 5.82. The first-order chi connectivity index (χ1) is 7.58. The van der Waals surface area contributed by atoms with E-state index in [0.29, 0.717) is 5.28 Å². The standard InChI is InChI=1S/C12H18ClN3/c1-8(2)10-4-5-16(7-10)11-9(3)6-14-12(13)15-11/h6,8,10H,4-5,7H2,1-3H3. The Labute approximate surface area is 102 Å². The SMILES string of the molecule is Cc1cnc(Cl)nc1N1CCC(C(C)C)C1. The van der Waals surface area contributed by atoms with E-state index in [4.69, 9.17) is 11.6 Å². The van der Waals surface area contributed by atoms with Crippen LogP contribution in [0.1, 0.15) is 25.8 Å². The van der Waals surface area contributed by atoms with E-state index in [9.17, 15) is 0 Å². The Morgan fingerprint density at radius 2 is 2.25 bits per heavy atom. The van der Waals surface area contributed by atoms with Crippen LogP contribution in [0.25, 0.3) is 0 Å². The van der Waals surface area contributed by atoms with E-state index in [1.54, 1.807) is 6.20 Å². The number of anilines is 1.